The molecule has 0 radical (unpaired) electrons. The molecule has 1 aromatic heterocycles. The van der Waals surface area contributed by atoms with Gasteiger partial charge in [-0.25, -0.2) is 8.42 Å². The van der Waals surface area contributed by atoms with Gasteiger partial charge >= 0.3 is 0 Å². The van der Waals surface area contributed by atoms with Gasteiger partial charge in [0, 0.05) is 6.42 Å². The van der Waals surface area contributed by atoms with E-state index in [1.165, 1.54) is 0 Å². The maximum Gasteiger partial charge on any atom is 0.226 e. The van der Waals surface area contributed by atoms with E-state index >= 15 is 0 Å². The first-order valence-electron chi connectivity index (χ1n) is 8.06. The maximum atomic E-state index is 12.3. The molecule has 1 aliphatic rings. The third-order valence-corrected chi connectivity index (χ3v) is 5.97. The molecule has 1 N–H and O–H groups in total. The summed E-state index contributed by atoms with van der Waals surface area (Å²) in [6.45, 7) is 4.19. The molecule has 0 saturated heterocycles. The lowest BCUT2D eigenvalue weighted by Crippen LogP contribution is -2.40. The number of aryl methyl sites for hydroxylation is 1. The van der Waals surface area contributed by atoms with Gasteiger partial charge in [0.15, 0.2) is 15.7 Å². The van der Waals surface area contributed by atoms with E-state index in [0.717, 1.165) is 25.7 Å². The molecule has 1 aliphatic carbocycles. The Kier molecular flexibility index (Phi) is 5.60. The van der Waals surface area contributed by atoms with E-state index in [4.69, 9.17) is 4.52 Å². The second-order valence-corrected chi connectivity index (χ2v) is 8.71. The summed E-state index contributed by atoms with van der Waals surface area (Å²) in [7, 11) is -3.45. The number of sulfone groups is 1. The lowest BCUT2D eigenvalue weighted by Gasteiger charge is -2.34. The van der Waals surface area contributed by atoms with Crippen LogP contribution in [-0.2, 0) is 22.0 Å². The second kappa shape index (κ2) is 7.08. The lowest BCUT2D eigenvalue weighted by atomic mass is 9.81. The quantitative estimate of drug-likeness (QED) is 0.824. The van der Waals surface area contributed by atoms with Crippen LogP contribution in [0.4, 0.5) is 0 Å². The normalized spacial score (nSPS) is 26.2. The minimum absolute atomic E-state index is 0.193. The zero-order valence-corrected chi connectivity index (χ0v) is 14.2. The molecule has 2 rings (SSSR count). The predicted octanol–water partition coefficient (Wildman–Crippen LogP) is 2.27. The van der Waals surface area contributed by atoms with Gasteiger partial charge in [-0.3, -0.25) is 0 Å². The van der Waals surface area contributed by atoms with Crippen molar-refractivity contribution >= 4 is 9.84 Å². The zero-order chi connectivity index (χ0) is 16.2. The number of rotatable bonds is 7. The Bertz CT molecular complexity index is 574. The van der Waals surface area contributed by atoms with Crippen molar-refractivity contribution in [3.8, 4) is 0 Å². The van der Waals surface area contributed by atoms with Gasteiger partial charge in [-0.2, -0.15) is 4.98 Å². The van der Waals surface area contributed by atoms with Crippen LogP contribution in [0.3, 0.4) is 0 Å². The molecule has 6 nitrogen and oxygen atoms in total. The monoisotopic (exact) mass is 330 g/mol. The Labute approximate surface area is 132 Å². The summed E-state index contributed by atoms with van der Waals surface area (Å²) in [6.07, 6.45) is 5.45. The highest BCUT2D eigenvalue weighted by Gasteiger charge is 2.36. The van der Waals surface area contributed by atoms with Gasteiger partial charge in [0.1, 0.15) is 5.75 Å². The molecule has 1 aromatic rings. The van der Waals surface area contributed by atoms with Crippen LogP contribution in [0.25, 0.3) is 0 Å². The second-order valence-electron chi connectivity index (χ2n) is 6.65. The minimum atomic E-state index is -3.45. The molecule has 1 heterocycles. The fourth-order valence-electron chi connectivity index (χ4n) is 2.88. The molecule has 0 aromatic carbocycles. The summed E-state index contributed by atoms with van der Waals surface area (Å²) in [4.78, 5) is 4.12. The van der Waals surface area contributed by atoms with E-state index in [1.807, 2.05) is 0 Å². The van der Waals surface area contributed by atoms with Crippen LogP contribution in [0.2, 0.25) is 0 Å². The van der Waals surface area contributed by atoms with E-state index in [-0.39, 0.29) is 17.3 Å². The Balaban J connectivity index is 1.94. The molecule has 1 fully saturated rings. The average Bonchev–Trinajstić information content (AvgIpc) is 2.86. The first kappa shape index (κ1) is 17.4. The van der Waals surface area contributed by atoms with Gasteiger partial charge in [-0.05, 0) is 38.0 Å². The molecule has 0 aliphatic heterocycles. The van der Waals surface area contributed by atoms with Gasteiger partial charge < -0.3 is 9.63 Å². The summed E-state index contributed by atoms with van der Waals surface area (Å²) >= 11 is 0. The Morgan fingerprint density at radius 1 is 1.36 bits per heavy atom. The SMILES string of the molecule is CCCCc1nc(CS(=O)(=O)CC2(O)CCC(C)CC2)no1. The van der Waals surface area contributed by atoms with Crippen LogP contribution in [-0.4, -0.2) is 35.0 Å². The first-order chi connectivity index (χ1) is 10.3. The molecular weight excluding hydrogens is 304 g/mol. The summed E-state index contributed by atoms with van der Waals surface area (Å²) in [5.41, 5.74) is -1.10. The fraction of sp³-hybridized carbons (Fsp3) is 0.867. The van der Waals surface area contributed by atoms with Gasteiger partial charge in [-0.15, -0.1) is 0 Å². The highest BCUT2D eigenvalue weighted by atomic mass is 32.2. The predicted molar refractivity (Wildman–Crippen MR) is 83.0 cm³/mol. The van der Waals surface area contributed by atoms with Crippen molar-refractivity contribution in [1.29, 1.82) is 0 Å². The fourth-order valence-corrected chi connectivity index (χ4v) is 4.60. The van der Waals surface area contributed by atoms with E-state index in [0.29, 0.717) is 31.1 Å². The van der Waals surface area contributed by atoms with E-state index in [1.54, 1.807) is 0 Å². The van der Waals surface area contributed by atoms with Crippen molar-refractivity contribution in [1.82, 2.24) is 10.1 Å². The largest absolute Gasteiger partial charge is 0.389 e. The topological polar surface area (TPSA) is 93.3 Å². The summed E-state index contributed by atoms with van der Waals surface area (Å²) in [5.74, 6) is 0.754. The summed E-state index contributed by atoms with van der Waals surface area (Å²) in [6, 6.07) is 0. The third-order valence-electron chi connectivity index (χ3n) is 4.30. The van der Waals surface area contributed by atoms with Gasteiger partial charge in [0.05, 0.1) is 11.4 Å². The van der Waals surface area contributed by atoms with Crippen molar-refractivity contribution in [3.05, 3.63) is 11.7 Å². The molecule has 0 amide bonds. The molecule has 7 heteroatoms. The van der Waals surface area contributed by atoms with Crippen molar-refractivity contribution in [2.24, 2.45) is 5.92 Å². The van der Waals surface area contributed by atoms with Crippen LogP contribution < -0.4 is 0 Å². The number of hydrogen-bond donors (Lipinski definition) is 1. The number of hydrogen-bond acceptors (Lipinski definition) is 6. The number of aromatic nitrogens is 2. The van der Waals surface area contributed by atoms with E-state index in [2.05, 4.69) is 24.0 Å². The highest BCUT2D eigenvalue weighted by Crippen LogP contribution is 2.33. The molecule has 22 heavy (non-hydrogen) atoms. The summed E-state index contributed by atoms with van der Waals surface area (Å²) in [5, 5.41) is 14.2. The molecule has 0 spiro atoms. The van der Waals surface area contributed by atoms with Gasteiger partial charge in [0.25, 0.3) is 0 Å². The minimum Gasteiger partial charge on any atom is -0.389 e. The zero-order valence-electron chi connectivity index (χ0n) is 13.4. The summed E-state index contributed by atoms with van der Waals surface area (Å²) < 4.78 is 29.6. The van der Waals surface area contributed by atoms with Crippen LogP contribution in [0.1, 0.15) is 64.1 Å². The molecule has 0 unspecified atom stereocenters. The smallest absolute Gasteiger partial charge is 0.226 e. The molecule has 0 atom stereocenters. The standard InChI is InChI=1S/C15H26N2O4S/c1-3-4-5-14-16-13(17-21-14)10-22(19,20)11-15(18)8-6-12(2)7-9-15/h12,18H,3-11H2,1-2H3. The molecule has 1 saturated carbocycles. The van der Waals surface area contributed by atoms with Crippen LogP contribution in [0, 0.1) is 5.92 Å². The Hall–Kier alpha value is -0.950. The Morgan fingerprint density at radius 3 is 2.68 bits per heavy atom. The average molecular weight is 330 g/mol. The van der Waals surface area contributed by atoms with Crippen LogP contribution in [0.5, 0.6) is 0 Å². The van der Waals surface area contributed by atoms with Crippen molar-refractivity contribution in [3.63, 3.8) is 0 Å². The van der Waals surface area contributed by atoms with Crippen molar-refractivity contribution < 1.29 is 18.0 Å². The number of nitrogens with zero attached hydrogens (tertiary/aromatic N) is 2. The highest BCUT2D eigenvalue weighted by molar-refractivity contribution is 7.90. The molecule has 126 valence electrons. The van der Waals surface area contributed by atoms with Crippen molar-refractivity contribution in [2.45, 2.75) is 70.1 Å². The first-order valence-corrected chi connectivity index (χ1v) is 9.88. The number of aliphatic hydroxyl groups is 1. The van der Waals surface area contributed by atoms with Gasteiger partial charge in [-0.1, -0.05) is 25.4 Å². The van der Waals surface area contributed by atoms with Crippen molar-refractivity contribution in [2.75, 3.05) is 5.75 Å². The molecular formula is C15H26N2O4S. The maximum absolute atomic E-state index is 12.3. The van der Waals surface area contributed by atoms with Crippen LogP contribution >= 0.6 is 0 Å². The lowest BCUT2D eigenvalue weighted by molar-refractivity contribution is 0.0135. The third kappa shape index (κ3) is 5.05. The Morgan fingerprint density at radius 2 is 2.05 bits per heavy atom. The van der Waals surface area contributed by atoms with E-state index in [9.17, 15) is 13.5 Å². The number of unbranched alkanes of at least 4 members (excludes halogenated alkanes) is 1. The van der Waals surface area contributed by atoms with Crippen LogP contribution in [0.15, 0.2) is 4.52 Å². The van der Waals surface area contributed by atoms with E-state index < -0.39 is 15.4 Å². The van der Waals surface area contributed by atoms with Gasteiger partial charge in [0.2, 0.25) is 5.89 Å². The molecule has 0 bridgehead atoms.